The van der Waals surface area contributed by atoms with Crippen molar-refractivity contribution in [1.82, 2.24) is 0 Å². The molecule has 1 saturated carbocycles. The molecule has 2 N–H and O–H groups in total. The highest BCUT2D eigenvalue weighted by Crippen LogP contribution is 2.42. The fourth-order valence-corrected chi connectivity index (χ4v) is 4.18. The summed E-state index contributed by atoms with van der Waals surface area (Å²) in [7, 11) is 0. The maximum Gasteiger partial charge on any atom is 0.163 e. The summed E-state index contributed by atoms with van der Waals surface area (Å²) >= 11 is 0. The van der Waals surface area contributed by atoms with Crippen LogP contribution < -0.4 is 5.73 Å². The topological polar surface area (TPSA) is 60.2 Å². The van der Waals surface area contributed by atoms with E-state index < -0.39 is 5.54 Å². The Morgan fingerprint density at radius 2 is 2.17 bits per heavy atom. The summed E-state index contributed by atoms with van der Waals surface area (Å²) in [5.41, 5.74) is 9.13. The SMILES string of the molecule is CCC(C)C(=O)C1(N)CCC(c2ccc3c(c2)CCCC3=O)C1. The van der Waals surface area contributed by atoms with Crippen molar-refractivity contribution >= 4 is 11.6 Å². The van der Waals surface area contributed by atoms with Crippen molar-refractivity contribution in [3.8, 4) is 0 Å². The van der Waals surface area contributed by atoms with Gasteiger partial charge in [-0.2, -0.15) is 0 Å². The van der Waals surface area contributed by atoms with Gasteiger partial charge in [0.1, 0.15) is 0 Å². The number of Topliss-reactive ketones (excluding diaryl/α,β-unsaturated/α-hetero) is 2. The molecule has 0 aliphatic heterocycles. The van der Waals surface area contributed by atoms with Crippen LogP contribution in [0, 0.1) is 5.92 Å². The van der Waals surface area contributed by atoms with Crippen LogP contribution in [0.2, 0.25) is 0 Å². The average molecular weight is 313 g/mol. The molecule has 0 amide bonds. The Bertz CT molecular complexity index is 637. The minimum absolute atomic E-state index is 0.0416. The van der Waals surface area contributed by atoms with Crippen LogP contribution in [0.4, 0.5) is 0 Å². The van der Waals surface area contributed by atoms with Crippen LogP contribution in [-0.2, 0) is 11.2 Å². The molecule has 0 bridgehead atoms. The normalized spacial score (nSPS) is 28.5. The Hall–Kier alpha value is -1.48. The van der Waals surface area contributed by atoms with Gasteiger partial charge in [-0.25, -0.2) is 0 Å². The lowest BCUT2D eigenvalue weighted by Crippen LogP contribution is -2.48. The van der Waals surface area contributed by atoms with Crippen LogP contribution in [-0.4, -0.2) is 17.1 Å². The molecule has 3 rings (SSSR count). The van der Waals surface area contributed by atoms with Gasteiger partial charge >= 0.3 is 0 Å². The second-order valence-electron chi connectivity index (χ2n) is 7.46. The lowest BCUT2D eigenvalue weighted by molar-refractivity contribution is -0.127. The number of hydrogen-bond donors (Lipinski definition) is 1. The van der Waals surface area contributed by atoms with Crippen LogP contribution in [0.15, 0.2) is 18.2 Å². The fourth-order valence-electron chi connectivity index (χ4n) is 4.18. The number of ketones is 2. The molecule has 3 heteroatoms. The van der Waals surface area contributed by atoms with E-state index in [1.165, 1.54) is 11.1 Å². The molecule has 2 aliphatic rings. The third kappa shape index (κ3) is 2.99. The Kier molecular flexibility index (Phi) is 4.41. The second kappa shape index (κ2) is 6.20. The molecule has 1 aromatic rings. The zero-order chi connectivity index (χ0) is 16.6. The summed E-state index contributed by atoms with van der Waals surface area (Å²) in [4.78, 5) is 24.5. The first-order valence-electron chi connectivity index (χ1n) is 8.94. The Morgan fingerprint density at radius 3 is 2.91 bits per heavy atom. The summed E-state index contributed by atoms with van der Waals surface area (Å²) < 4.78 is 0. The number of hydrogen-bond acceptors (Lipinski definition) is 3. The lowest BCUT2D eigenvalue weighted by atomic mass is 9.82. The van der Waals surface area contributed by atoms with Gasteiger partial charge in [-0.05, 0) is 55.6 Å². The van der Waals surface area contributed by atoms with E-state index in [9.17, 15) is 9.59 Å². The first-order valence-corrected chi connectivity index (χ1v) is 8.94. The number of carbonyl (C=O) groups excluding carboxylic acids is 2. The standard InChI is InChI=1S/C20H27NO2/c1-3-13(2)19(23)20(21)10-9-16(12-20)14-7-8-17-15(11-14)5-4-6-18(17)22/h7-8,11,13,16H,3-6,9-10,12,21H2,1-2H3. The van der Waals surface area contributed by atoms with Gasteiger partial charge < -0.3 is 5.73 Å². The van der Waals surface area contributed by atoms with Crippen LogP contribution in [0.1, 0.15) is 79.8 Å². The molecule has 124 valence electrons. The van der Waals surface area contributed by atoms with Crippen molar-refractivity contribution in [3.63, 3.8) is 0 Å². The van der Waals surface area contributed by atoms with Gasteiger partial charge in [0.15, 0.2) is 11.6 Å². The number of carbonyl (C=O) groups is 2. The van der Waals surface area contributed by atoms with Gasteiger partial charge in [0.25, 0.3) is 0 Å². The van der Waals surface area contributed by atoms with E-state index in [2.05, 4.69) is 12.1 Å². The third-order valence-corrected chi connectivity index (χ3v) is 5.85. The van der Waals surface area contributed by atoms with E-state index in [0.29, 0.717) is 12.3 Å². The number of fused-ring (bicyclic) bond motifs is 1. The van der Waals surface area contributed by atoms with Crippen molar-refractivity contribution < 1.29 is 9.59 Å². The van der Waals surface area contributed by atoms with Crippen molar-refractivity contribution in [1.29, 1.82) is 0 Å². The molecular formula is C20H27NO2. The smallest absolute Gasteiger partial charge is 0.163 e. The number of nitrogens with two attached hydrogens (primary N) is 1. The summed E-state index contributed by atoms with van der Waals surface area (Å²) in [6.07, 6.45) is 5.94. The molecule has 23 heavy (non-hydrogen) atoms. The molecule has 0 saturated heterocycles. The van der Waals surface area contributed by atoms with Crippen LogP contribution in [0.5, 0.6) is 0 Å². The van der Waals surface area contributed by atoms with Gasteiger partial charge in [0, 0.05) is 17.9 Å². The van der Waals surface area contributed by atoms with Crippen molar-refractivity contribution in [2.75, 3.05) is 0 Å². The quantitative estimate of drug-likeness (QED) is 0.920. The van der Waals surface area contributed by atoms with Crippen LogP contribution in [0.25, 0.3) is 0 Å². The zero-order valence-corrected chi connectivity index (χ0v) is 14.2. The van der Waals surface area contributed by atoms with Gasteiger partial charge in [-0.3, -0.25) is 9.59 Å². The first-order chi connectivity index (χ1) is 10.9. The maximum absolute atomic E-state index is 12.6. The van der Waals surface area contributed by atoms with Gasteiger partial charge in [-0.1, -0.05) is 32.0 Å². The maximum atomic E-state index is 12.6. The molecule has 3 unspecified atom stereocenters. The highest BCUT2D eigenvalue weighted by atomic mass is 16.1. The second-order valence-corrected chi connectivity index (χ2v) is 7.46. The van der Waals surface area contributed by atoms with E-state index in [1.54, 1.807) is 0 Å². The van der Waals surface area contributed by atoms with E-state index in [1.807, 2.05) is 19.9 Å². The molecule has 1 aromatic carbocycles. The van der Waals surface area contributed by atoms with Crippen molar-refractivity contribution in [3.05, 3.63) is 34.9 Å². The molecular weight excluding hydrogens is 286 g/mol. The Balaban J connectivity index is 1.79. The minimum Gasteiger partial charge on any atom is -0.319 e. The van der Waals surface area contributed by atoms with Gasteiger partial charge in [-0.15, -0.1) is 0 Å². The summed E-state index contributed by atoms with van der Waals surface area (Å²) in [5, 5.41) is 0. The van der Waals surface area contributed by atoms with Crippen molar-refractivity contribution in [2.24, 2.45) is 11.7 Å². The molecule has 0 spiro atoms. The van der Waals surface area contributed by atoms with E-state index >= 15 is 0 Å². The minimum atomic E-state index is -0.661. The van der Waals surface area contributed by atoms with Crippen LogP contribution in [0.3, 0.4) is 0 Å². The Labute approximate surface area is 138 Å². The molecule has 2 aliphatic carbocycles. The highest BCUT2D eigenvalue weighted by molar-refractivity contribution is 5.98. The first kappa shape index (κ1) is 16.4. The number of rotatable bonds is 4. The lowest BCUT2D eigenvalue weighted by Gasteiger charge is -2.26. The Morgan fingerprint density at radius 1 is 1.39 bits per heavy atom. The predicted molar refractivity (Wildman–Crippen MR) is 91.7 cm³/mol. The molecule has 0 radical (unpaired) electrons. The molecule has 0 heterocycles. The third-order valence-electron chi connectivity index (χ3n) is 5.85. The number of aryl methyl sites for hydroxylation is 1. The summed E-state index contributed by atoms with van der Waals surface area (Å²) in [6, 6.07) is 6.25. The monoisotopic (exact) mass is 313 g/mol. The van der Waals surface area contributed by atoms with E-state index in [-0.39, 0.29) is 17.5 Å². The zero-order valence-electron chi connectivity index (χ0n) is 14.2. The highest BCUT2D eigenvalue weighted by Gasteiger charge is 2.43. The average Bonchev–Trinajstić information content (AvgIpc) is 2.97. The molecule has 1 fully saturated rings. The van der Waals surface area contributed by atoms with Gasteiger partial charge in [0.05, 0.1) is 5.54 Å². The van der Waals surface area contributed by atoms with Crippen LogP contribution >= 0.6 is 0 Å². The summed E-state index contributed by atoms with van der Waals surface area (Å²) in [6.45, 7) is 4.02. The fraction of sp³-hybridized carbons (Fsp3) is 0.600. The molecule has 0 aromatic heterocycles. The molecule has 3 nitrogen and oxygen atoms in total. The van der Waals surface area contributed by atoms with E-state index in [4.69, 9.17) is 5.73 Å². The predicted octanol–water partition coefficient (Wildman–Crippen LogP) is 3.79. The molecule has 3 atom stereocenters. The number of benzene rings is 1. The largest absolute Gasteiger partial charge is 0.319 e. The van der Waals surface area contributed by atoms with Gasteiger partial charge in [0.2, 0.25) is 0 Å². The summed E-state index contributed by atoms with van der Waals surface area (Å²) in [5.74, 6) is 0.871. The van der Waals surface area contributed by atoms with E-state index in [0.717, 1.165) is 44.1 Å². The van der Waals surface area contributed by atoms with Crippen molar-refractivity contribution in [2.45, 2.75) is 70.3 Å².